The van der Waals surface area contributed by atoms with Gasteiger partial charge in [0.1, 0.15) is 0 Å². The zero-order chi connectivity index (χ0) is 5.41. The van der Waals surface area contributed by atoms with Gasteiger partial charge < -0.3 is 0 Å². The van der Waals surface area contributed by atoms with Crippen molar-refractivity contribution in [3.63, 3.8) is 0 Å². The first-order chi connectivity index (χ1) is 2.91. The monoisotopic (exact) mass is 178 g/mol. The van der Waals surface area contributed by atoms with Gasteiger partial charge in [-0.25, -0.2) is 0 Å². The minimum absolute atomic E-state index is 0.300. The van der Waals surface area contributed by atoms with Crippen molar-refractivity contribution in [2.45, 2.75) is 0 Å². The van der Waals surface area contributed by atoms with Gasteiger partial charge in [0.05, 0.1) is 0 Å². The van der Waals surface area contributed by atoms with Crippen LogP contribution < -0.4 is 0 Å². The Morgan fingerprint density at radius 2 is 1.67 bits per heavy atom. The summed E-state index contributed by atoms with van der Waals surface area (Å²) in [6.07, 6.45) is 0. The van der Waals surface area contributed by atoms with Crippen LogP contribution in [0.1, 0.15) is 0 Å². The predicted molar refractivity (Wildman–Crippen MR) is 15.0 cm³/mol. The van der Waals surface area contributed by atoms with Crippen LogP contribution in [-0.4, -0.2) is 16.0 Å². The fraction of sp³-hybridized carbons (Fsp3) is 0. The summed E-state index contributed by atoms with van der Waals surface area (Å²) in [5, 5.41) is 0. The molecule has 0 atom stereocenters. The van der Waals surface area contributed by atoms with Crippen LogP contribution in [0.15, 0.2) is 0 Å². The zero-order valence-electron chi connectivity index (χ0n) is 2.88. The molecule has 30 valence electrons. The van der Waals surface area contributed by atoms with E-state index in [1.807, 2.05) is 0 Å². The molecule has 0 aliphatic heterocycles. The molecule has 6 heteroatoms. The first-order valence-electron chi connectivity index (χ1n) is 1.01. The van der Waals surface area contributed by atoms with Crippen LogP contribution in [0, 0.1) is 0 Å². The van der Waals surface area contributed by atoms with Crippen LogP contribution in [0.5, 0.6) is 0 Å². The van der Waals surface area contributed by atoms with E-state index in [9.17, 15) is 0 Å². The summed E-state index contributed by atoms with van der Waals surface area (Å²) in [4.78, 5) is 0. The number of hydrogen-bond donors (Lipinski definition) is 0. The van der Waals surface area contributed by atoms with Gasteiger partial charge in [-0.2, -0.15) is 0 Å². The first kappa shape index (κ1) is 9.76. The molecule has 0 aliphatic carbocycles. The van der Waals surface area contributed by atoms with Gasteiger partial charge in [-0.05, 0) is 0 Å². The molecule has 0 rings (SSSR count). The molecule has 6 heavy (non-hydrogen) atoms. The molecule has 0 heterocycles. The molecule has 0 aromatic rings. The molecule has 3 nitrogen and oxygen atoms in total. The van der Waals surface area contributed by atoms with Gasteiger partial charge in [0.2, 0.25) is 0 Å². The molecule has 0 N–H and O–H groups in total. The Kier molecular flexibility index (Phi) is 28.7. The molecule has 0 amide bonds. The van der Waals surface area contributed by atoms with Crippen molar-refractivity contribution >= 4 is 16.0 Å². The van der Waals surface area contributed by atoms with E-state index in [4.69, 9.17) is 12.0 Å². The van der Waals surface area contributed by atoms with Crippen molar-refractivity contribution in [1.29, 1.82) is 0 Å². The molecule has 0 unspecified atom stereocenters. The van der Waals surface area contributed by atoms with Crippen LogP contribution in [0.4, 0.5) is 0 Å². The Balaban J connectivity index is 0. The van der Waals surface area contributed by atoms with Crippen molar-refractivity contribution in [3.8, 4) is 0 Å². The molecule has 0 bridgehead atoms. The van der Waals surface area contributed by atoms with Crippen molar-refractivity contribution in [2.75, 3.05) is 0 Å². The maximum absolute atomic E-state index is 9.01. The van der Waals surface area contributed by atoms with Crippen molar-refractivity contribution in [3.05, 3.63) is 0 Å². The molecule has 0 radical (unpaired) electrons. The second-order valence-corrected chi connectivity index (χ2v) is 0.816. The summed E-state index contributed by atoms with van der Waals surface area (Å²) in [5.74, 6) is 0. The van der Waals surface area contributed by atoms with E-state index in [1.165, 1.54) is 0 Å². The average molecular weight is 179 g/mol. The van der Waals surface area contributed by atoms with E-state index >= 15 is 0 Å². The van der Waals surface area contributed by atoms with Crippen LogP contribution in [0.3, 0.4) is 0 Å². The third kappa shape index (κ3) is 23.7. The molecular formula is HBO3SiZr. The average Bonchev–Trinajstić information content (AvgIpc) is 1.72. The summed E-state index contributed by atoms with van der Waals surface area (Å²) >= 11 is 0.300. The fourth-order valence-corrected chi connectivity index (χ4v) is 0. The summed E-state index contributed by atoms with van der Waals surface area (Å²) in [7, 11) is -1.15. The fourth-order valence-electron chi connectivity index (χ4n) is 0. The van der Waals surface area contributed by atoms with Gasteiger partial charge in [0.15, 0.2) is 0 Å². The van der Waals surface area contributed by atoms with E-state index in [2.05, 4.69) is 0 Å². The van der Waals surface area contributed by atoms with Crippen molar-refractivity contribution < 1.29 is 36.7 Å². The van der Waals surface area contributed by atoms with Crippen LogP contribution in [0.2, 0.25) is 0 Å². The summed E-state index contributed by atoms with van der Waals surface area (Å²) in [5.41, 5.74) is 0. The second-order valence-electron chi connectivity index (χ2n) is 0.272. The minimum atomic E-state index is -1.15. The Morgan fingerprint density at radius 1 is 1.50 bits per heavy atom. The van der Waals surface area contributed by atoms with Crippen molar-refractivity contribution in [2.24, 2.45) is 0 Å². The zero-order valence-corrected chi connectivity index (χ0v) is 6.49. The Bertz CT molecular complexity index is 40.1. The van der Waals surface area contributed by atoms with Crippen LogP contribution >= 0.6 is 0 Å². The number of rotatable bonds is 1. The molecule has 0 saturated heterocycles. The standard InChI is InChI=1S/BHO2Si.O.Zr/c2-1-4-3;;/h4H;;. The Hall–Kier alpha value is 0.565. The third-order valence-corrected chi connectivity index (χ3v) is 0.167. The van der Waals surface area contributed by atoms with Gasteiger partial charge in [0.25, 0.3) is 0 Å². The molecule has 0 aromatic heterocycles. The van der Waals surface area contributed by atoms with Gasteiger partial charge in [-0.15, -0.1) is 0 Å². The number of hydrogen-bond acceptors (Lipinski definition) is 3. The Labute approximate surface area is 52.9 Å². The molecule has 0 aliphatic rings. The summed E-state index contributed by atoms with van der Waals surface area (Å²) < 4.78 is 26.3. The molecule has 0 fully saturated rings. The van der Waals surface area contributed by atoms with E-state index in [-0.39, 0.29) is 0 Å². The summed E-state index contributed by atoms with van der Waals surface area (Å²) in [6, 6.07) is 0. The maximum atomic E-state index is 9.01. The summed E-state index contributed by atoms with van der Waals surface area (Å²) in [6.45, 7) is 0.403. The van der Waals surface area contributed by atoms with Crippen LogP contribution in [0.25, 0.3) is 0 Å². The second kappa shape index (κ2) is 17.6. The molecule has 0 aromatic carbocycles. The van der Waals surface area contributed by atoms with E-state index in [1.54, 1.807) is 0 Å². The van der Waals surface area contributed by atoms with Crippen LogP contribution in [-0.2, 0) is 36.7 Å². The molecular weight excluding hydrogens is 178 g/mol. The first-order valence-corrected chi connectivity index (χ1v) is 3.15. The Morgan fingerprint density at radius 3 is 1.67 bits per heavy atom. The van der Waals surface area contributed by atoms with Gasteiger partial charge in [-0.1, -0.05) is 0 Å². The van der Waals surface area contributed by atoms with E-state index in [0.717, 1.165) is 0 Å². The van der Waals surface area contributed by atoms with E-state index < -0.39 is 9.28 Å². The quantitative estimate of drug-likeness (QED) is 0.466. The van der Waals surface area contributed by atoms with E-state index in [0.29, 0.717) is 31.5 Å². The third-order valence-electron chi connectivity index (χ3n) is 0.0556. The molecule has 0 saturated carbocycles. The van der Waals surface area contributed by atoms with Gasteiger partial charge >= 0.3 is 52.7 Å². The van der Waals surface area contributed by atoms with Gasteiger partial charge in [0, 0.05) is 0 Å². The SMILES string of the molecule is O=B[SiH]=O.[O]=[Zr]. The normalized spacial score (nSPS) is 3.17. The predicted octanol–water partition coefficient (Wildman–Crippen LogP) is -1.39. The van der Waals surface area contributed by atoms with Gasteiger partial charge in [-0.3, -0.25) is 0 Å². The van der Waals surface area contributed by atoms with Crippen molar-refractivity contribution in [1.82, 2.24) is 0 Å². The topological polar surface area (TPSA) is 51.2 Å². The molecule has 0 spiro atoms.